The lowest BCUT2D eigenvalue weighted by Gasteiger charge is -2.32. The van der Waals surface area contributed by atoms with Crippen LogP contribution in [0.1, 0.15) is 81.8 Å². The molecule has 1 N–H and O–H groups in total. The van der Waals surface area contributed by atoms with Gasteiger partial charge in [-0.3, -0.25) is 9.59 Å². The fourth-order valence-corrected chi connectivity index (χ4v) is 5.11. The number of carbonyl (C=O) groups excluding carboxylic acids is 2. The molecule has 2 heterocycles. The number of hydrogen-bond acceptors (Lipinski definition) is 4. The van der Waals surface area contributed by atoms with E-state index in [0.717, 1.165) is 43.1 Å². The van der Waals surface area contributed by atoms with Crippen molar-refractivity contribution in [2.24, 2.45) is 11.8 Å². The van der Waals surface area contributed by atoms with Crippen LogP contribution in [-0.4, -0.2) is 34.8 Å². The van der Waals surface area contributed by atoms with Crippen molar-refractivity contribution in [2.75, 3.05) is 13.1 Å². The summed E-state index contributed by atoms with van der Waals surface area (Å²) in [4.78, 5) is 31.1. The Labute approximate surface area is 166 Å². The number of thiazole rings is 1. The van der Waals surface area contributed by atoms with Crippen LogP contribution in [0.15, 0.2) is 5.38 Å². The van der Waals surface area contributed by atoms with Gasteiger partial charge >= 0.3 is 0 Å². The van der Waals surface area contributed by atoms with Gasteiger partial charge in [0, 0.05) is 36.7 Å². The third-order valence-electron chi connectivity index (χ3n) is 5.92. The molecule has 0 bridgehead atoms. The predicted octanol–water partition coefficient (Wildman–Crippen LogP) is 4.09. The molecule has 150 valence electrons. The van der Waals surface area contributed by atoms with E-state index in [9.17, 15) is 9.59 Å². The molecule has 1 saturated carbocycles. The van der Waals surface area contributed by atoms with Crippen LogP contribution in [0.2, 0.25) is 0 Å². The van der Waals surface area contributed by atoms with E-state index in [1.54, 1.807) is 11.3 Å². The van der Waals surface area contributed by atoms with Crippen molar-refractivity contribution in [1.82, 2.24) is 15.2 Å². The minimum Gasteiger partial charge on any atom is -0.350 e. The van der Waals surface area contributed by atoms with Gasteiger partial charge in [-0.25, -0.2) is 4.98 Å². The first-order chi connectivity index (χ1) is 13.0. The molecule has 1 aliphatic carbocycles. The molecule has 0 atom stereocenters. The zero-order valence-corrected chi connectivity index (χ0v) is 17.5. The minimum absolute atomic E-state index is 0.00131. The first kappa shape index (κ1) is 20.3. The summed E-state index contributed by atoms with van der Waals surface area (Å²) in [6.07, 6.45) is 9.15. The van der Waals surface area contributed by atoms with Crippen LogP contribution in [0.3, 0.4) is 0 Å². The Hall–Kier alpha value is -1.43. The summed E-state index contributed by atoms with van der Waals surface area (Å²) in [6, 6.07) is 0. The standard InChI is InChI=1S/C21H33N3O2S/c1-15(2)20(26)22-13-18-14-27-21(23-18)17-8-10-24(11-9-17)19(25)12-16-6-4-3-5-7-16/h14-17H,3-13H2,1-2H3,(H,22,26). The normalized spacial score (nSPS) is 19.4. The number of piperidine rings is 1. The van der Waals surface area contributed by atoms with Gasteiger partial charge in [-0.15, -0.1) is 11.3 Å². The lowest BCUT2D eigenvalue weighted by Crippen LogP contribution is -2.38. The minimum atomic E-state index is -0.00131. The summed E-state index contributed by atoms with van der Waals surface area (Å²) in [6.45, 7) is 6.01. The third kappa shape index (κ3) is 5.77. The Morgan fingerprint density at radius 1 is 1.19 bits per heavy atom. The summed E-state index contributed by atoms with van der Waals surface area (Å²) < 4.78 is 0. The Balaban J connectivity index is 1.43. The van der Waals surface area contributed by atoms with Gasteiger partial charge in [0.15, 0.2) is 0 Å². The number of rotatable bonds is 6. The molecule has 1 aromatic heterocycles. The first-order valence-electron chi connectivity index (χ1n) is 10.5. The highest BCUT2D eigenvalue weighted by molar-refractivity contribution is 7.09. The first-order valence-corrected chi connectivity index (χ1v) is 11.4. The molecular weight excluding hydrogens is 358 g/mol. The van der Waals surface area contributed by atoms with Crippen molar-refractivity contribution in [1.29, 1.82) is 0 Å². The number of nitrogens with one attached hydrogen (secondary N) is 1. The molecule has 1 aromatic rings. The Kier molecular flexibility index (Phi) is 7.27. The van der Waals surface area contributed by atoms with Gasteiger partial charge in [-0.1, -0.05) is 33.1 Å². The second kappa shape index (κ2) is 9.67. The zero-order valence-electron chi connectivity index (χ0n) is 16.7. The van der Waals surface area contributed by atoms with E-state index in [2.05, 4.69) is 15.6 Å². The van der Waals surface area contributed by atoms with Crippen LogP contribution < -0.4 is 5.32 Å². The number of aromatic nitrogens is 1. The molecular formula is C21H33N3O2S. The van der Waals surface area contributed by atoms with Crippen molar-refractivity contribution >= 4 is 23.2 Å². The van der Waals surface area contributed by atoms with Crippen molar-refractivity contribution in [3.63, 3.8) is 0 Å². The number of likely N-dealkylation sites (tertiary alicyclic amines) is 1. The zero-order chi connectivity index (χ0) is 19.2. The molecule has 3 rings (SSSR count). The van der Waals surface area contributed by atoms with Crippen LogP contribution in [-0.2, 0) is 16.1 Å². The van der Waals surface area contributed by atoms with E-state index in [1.807, 2.05) is 13.8 Å². The quantitative estimate of drug-likeness (QED) is 0.794. The summed E-state index contributed by atoms with van der Waals surface area (Å²) in [5.41, 5.74) is 0.944. The summed E-state index contributed by atoms with van der Waals surface area (Å²) >= 11 is 1.69. The lowest BCUT2D eigenvalue weighted by molar-refractivity contribution is -0.133. The van der Waals surface area contributed by atoms with E-state index < -0.39 is 0 Å². The molecule has 1 saturated heterocycles. The lowest BCUT2D eigenvalue weighted by atomic mass is 9.86. The molecule has 0 radical (unpaired) electrons. The fourth-order valence-electron chi connectivity index (χ4n) is 4.12. The fraction of sp³-hybridized carbons (Fsp3) is 0.762. The van der Waals surface area contributed by atoms with E-state index in [-0.39, 0.29) is 11.8 Å². The van der Waals surface area contributed by atoms with Crippen molar-refractivity contribution in [3.05, 3.63) is 16.1 Å². The number of carbonyl (C=O) groups is 2. The number of nitrogens with zero attached hydrogens (tertiary/aromatic N) is 2. The molecule has 0 aromatic carbocycles. The average Bonchev–Trinajstić information content (AvgIpc) is 3.16. The van der Waals surface area contributed by atoms with Crippen LogP contribution in [0, 0.1) is 11.8 Å². The van der Waals surface area contributed by atoms with Gasteiger partial charge in [0.05, 0.1) is 17.2 Å². The topological polar surface area (TPSA) is 62.3 Å². The third-order valence-corrected chi connectivity index (χ3v) is 6.98. The monoisotopic (exact) mass is 391 g/mol. The van der Waals surface area contributed by atoms with E-state index in [1.165, 1.54) is 32.1 Å². The largest absolute Gasteiger partial charge is 0.350 e. The maximum atomic E-state index is 12.6. The molecule has 6 heteroatoms. The van der Waals surface area contributed by atoms with Crippen molar-refractivity contribution < 1.29 is 9.59 Å². The molecule has 1 aliphatic heterocycles. The summed E-state index contributed by atoms with van der Waals surface area (Å²) in [5.74, 6) is 1.49. The predicted molar refractivity (Wildman–Crippen MR) is 109 cm³/mol. The SMILES string of the molecule is CC(C)C(=O)NCc1csc(C2CCN(C(=O)CC3CCCCC3)CC2)n1. The highest BCUT2D eigenvalue weighted by atomic mass is 32.1. The number of hydrogen-bond donors (Lipinski definition) is 1. The molecule has 0 unspecified atom stereocenters. The van der Waals surface area contributed by atoms with Crippen LogP contribution >= 0.6 is 11.3 Å². The summed E-state index contributed by atoms with van der Waals surface area (Å²) in [7, 11) is 0. The van der Waals surface area contributed by atoms with Crippen molar-refractivity contribution in [3.8, 4) is 0 Å². The van der Waals surface area contributed by atoms with E-state index in [4.69, 9.17) is 4.98 Å². The van der Waals surface area contributed by atoms with E-state index in [0.29, 0.717) is 24.3 Å². The molecule has 2 aliphatic rings. The van der Waals surface area contributed by atoms with Gasteiger partial charge in [-0.05, 0) is 31.6 Å². The Morgan fingerprint density at radius 2 is 1.89 bits per heavy atom. The van der Waals surface area contributed by atoms with Crippen molar-refractivity contribution in [2.45, 2.75) is 77.7 Å². The van der Waals surface area contributed by atoms with Gasteiger partial charge in [0.25, 0.3) is 0 Å². The highest BCUT2D eigenvalue weighted by Crippen LogP contribution is 2.32. The van der Waals surface area contributed by atoms with Gasteiger partial charge in [0.2, 0.25) is 11.8 Å². The molecule has 2 fully saturated rings. The van der Waals surface area contributed by atoms with Crippen LogP contribution in [0.5, 0.6) is 0 Å². The molecule has 27 heavy (non-hydrogen) atoms. The van der Waals surface area contributed by atoms with Gasteiger partial charge < -0.3 is 10.2 Å². The highest BCUT2D eigenvalue weighted by Gasteiger charge is 2.27. The Bertz CT molecular complexity index is 629. The molecule has 2 amide bonds. The maximum absolute atomic E-state index is 12.6. The second-order valence-electron chi connectivity index (χ2n) is 8.41. The van der Waals surface area contributed by atoms with Gasteiger partial charge in [-0.2, -0.15) is 0 Å². The maximum Gasteiger partial charge on any atom is 0.222 e. The second-order valence-corrected chi connectivity index (χ2v) is 9.30. The average molecular weight is 392 g/mol. The smallest absolute Gasteiger partial charge is 0.222 e. The molecule has 5 nitrogen and oxygen atoms in total. The van der Waals surface area contributed by atoms with Crippen LogP contribution in [0.4, 0.5) is 0 Å². The van der Waals surface area contributed by atoms with Crippen LogP contribution in [0.25, 0.3) is 0 Å². The molecule has 0 spiro atoms. The Morgan fingerprint density at radius 3 is 2.56 bits per heavy atom. The summed E-state index contributed by atoms with van der Waals surface area (Å²) in [5, 5.41) is 6.14. The van der Waals surface area contributed by atoms with Gasteiger partial charge in [0.1, 0.15) is 0 Å². The number of amides is 2. The van der Waals surface area contributed by atoms with E-state index >= 15 is 0 Å².